The van der Waals surface area contributed by atoms with E-state index in [0.29, 0.717) is 23.1 Å². The number of halogens is 2. The highest BCUT2D eigenvalue weighted by Crippen LogP contribution is 2.23. The molecule has 2 heterocycles. The molecule has 8 heteroatoms. The molecule has 0 fully saturated rings. The molecular weight excluding hydrogens is 382 g/mol. The van der Waals surface area contributed by atoms with Gasteiger partial charge in [0, 0.05) is 23.1 Å². The molecule has 0 spiro atoms. The van der Waals surface area contributed by atoms with Gasteiger partial charge in [-0.2, -0.15) is 10.2 Å². The third-order valence-electron chi connectivity index (χ3n) is 3.28. The van der Waals surface area contributed by atoms with E-state index in [-0.39, 0.29) is 5.91 Å². The Kier molecular flexibility index (Phi) is 4.49. The Hall–Kier alpha value is -2.12. The monoisotopic (exact) mass is 393 g/mol. The number of carbonyl (C=O) groups excluding carboxylic acids is 1. The predicted molar refractivity (Wildman–Crippen MR) is 91.7 cm³/mol. The van der Waals surface area contributed by atoms with E-state index < -0.39 is 0 Å². The molecule has 6 nitrogen and oxygen atoms in total. The van der Waals surface area contributed by atoms with E-state index in [1.54, 1.807) is 46.0 Å². The minimum Gasteiger partial charge on any atom is -0.320 e. The molecule has 0 unspecified atom stereocenters. The molecule has 0 saturated carbocycles. The van der Waals surface area contributed by atoms with Crippen LogP contribution >= 0.6 is 27.5 Å². The van der Waals surface area contributed by atoms with Crippen LogP contribution in [0.5, 0.6) is 0 Å². The summed E-state index contributed by atoms with van der Waals surface area (Å²) in [5, 5.41) is 11.8. The largest absolute Gasteiger partial charge is 0.320 e. The van der Waals surface area contributed by atoms with Crippen LogP contribution in [-0.2, 0) is 6.67 Å². The fourth-order valence-corrected chi connectivity index (χ4v) is 2.56. The van der Waals surface area contributed by atoms with Crippen LogP contribution in [-0.4, -0.2) is 25.5 Å². The fourth-order valence-electron chi connectivity index (χ4n) is 2.05. The van der Waals surface area contributed by atoms with Crippen molar-refractivity contribution in [1.29, 1.82) is 0 Å². The van der Waals surface area contributed by atoms with E-state index >= 15 is 0 Å². The number of benzene rings is 1. The van der Waals surface area contributed by atoms with Gasteiger partial charge in [0.15, 0.2) is 5.69 Å². The third-order valence-corrected chi connectivity index (χ3v) is 4.10. The van der Waals surface area contributed by atoms with E-state index in [2.05, 4.69) is 31.4 Å². The Balaban J connectivity index is 1.72. The normalized spacial score (nSPS) is 10.7. The topological polar surface area (TPSA) is 64.7 Å². The van der Waals surface area contributed by atoms with Crippen molar-refractivity contribution in [3.63, 3.8) is 0 Å². The minimum atomic E-state index is -0.282. The Bertz CT molecular complexity index is 857. The summed E-state index contributed by atoms with van der Waals surface area (Å²) in [6.45, 7) is 2.28. The van der Waals surface area contributed by atoms with E-state index in [1.807, 2.05) is 13.1 Å². The number of nitrogens with one attached hydrogen (secondary N) is 1. The van der Waals surface area contributed by atoms with Crippen LogP contribution < -0.4 is 5.32 Å². The second kappa shape index (κ2) is 6.55. The number of carbonyl (C=O) groups is 1. The first-order valence-corrected chi connectivity index (χ1v) is 7.98. The molecule has 0 aliphatic rings. The van der Waals surface area contributed by atoms with Crippen LogP contribution in [0.15, 0.2) is 47.3 Å². The smallest absolute Gasteiger partial charge is 0.276 e. The summed E-state index contributed by atoms with van der Waals surface area (Å²) >= 11 is 9.39. The Labute approximate surface area is 146 Å². The Morgan fingerprint density at radius 1 is 1.35 bits per heavy atom. The SMILES string of the molecule is Cc1c(Cl)cccc1NC(=O)c1ccn(Cn2cc(Br)cn2)n1. The van der Waals surface area contributed by atoms with Gasteiger partial charge in [-0.3, -0.25) is 9.48 Å². The minimum absolute atomic E-state index is 0.282. The maximum Gasteiger partial charge on any atom is 0.276 e. The summed E-state index contributed by atoms with van der Waals surface area (Å²) in [5.41, 5.74) is 1.83. The zero-order chi connectivity index (χ0) is 16.4. The molecule has 118 valence electrons. The summed E-state index contributed by atoms with van der Waals surface area (Å²) < 4.78 is 4.23. The fraction of sp³-hybridized carbons (Fsp3) is 0.133. The molecule has 1 N–H and O–H groups in total. The van der Waals surface area contributed by atoms with Crippen LogP contribution in [0.2, 0.25) is 5.02 Å². The molecule has 1 amide bonds. The van der Waals surface area contributed by atoms with Gasteiger partial charge in [-0.05, 0) is 46.6 Å². The van der Waals surface area contributed by atoms with Crippen molar-refractivity contribution in [2.24, 2.45) is 0 Å². The molecule has 0 bridgehead atoms. The summed E-state index contributed by atoms with van der Waals surface area (Å²) in [6.07, 6.45) is 5.26. The van der Waals surface area contributed by atoms with Gasteiger partial charge >= 0.3 is 0 Å². The lowest BCUT2D eigenvalue weighted by atomic mass is 10.2. The van der Waals surface area contributed by atoms with Crippen molar-refractivity contribution in [3.8, 4) is 0 Å². The lowest BCUT2D eigenvalue weighted by Crippen LogP contribution is -2.15. The molecule has 3 aromatic rings. The van der Waals surface area contributed by atoms with Gasteiger partial charge in [0.05, 0.1) is 10.7 Å². The van der Waals surface area contributed by atoms with Gasteiger partial charge in [0.2, 0.25) is 0 Å². The van der Waals surface area contributed by atoms with Crippen molar-refractivity contribution >= 4 is 39.1 Å². The second-order valence-electron chi connectivity index (χ2n) is 4.95. The molecule has 23 heavy (non-hydrogen) atoms. The van der Waals surface area contributed by atoms with Crippen LogP contribution in [0.1, 0.15) is 16.1 Å². The molecule has 3 rings (SSSR count). The van der Waals surface area contributed by atoms with Gasteiger partial charge in [-0.25, -0.2) is 4.68 Å². The number of hydrogen-bond acceptors (Lipinski definition) is 3. The molecule has 0 saturated heterocycles. The Morgan fingerprint density at radius 3 is 2.91 bits per heavy atom. The van der Waals surface area contributed by atoms with Crippen molar-refractivity contribution in [1.82, 2.24) is 19.6 Å². The van der Waals surface area contributed by atoms with Crippen molar-refractivity contribution in [2.75, 3.05) is 5.32 Å². The number of amides is 1. The molecule has 1 aromatic carbocycles. The summed E-state index contributed by atoms with van der Waals surface area (Å²) in [6, 6.07) is 7.04. The number of nitrogens with zero attached hydrogens (tertiary/aromatic N) is 4. The second-order valence-corrected chi connectivity index (χ2v) is 6.27. The standard InChI is InChI=1S/C15H13BrClN5O/c1-10-12(17)3-2-4-13(10)19-15(23)14-5-6-21(20-14)9-22-8-11(16)7-18-22/h2-8H,9H2,1H3,(H,19,23). The number of rotatable bonds is 4. The maximum atomic E-state index is 12.3. The predicted octanol–water partition coefficient (Wildman–Crippen LogP) is 3.56. The zero-order valence-electron chi connectivity index (χ0n) is 12.2. The number of aromatic nitrogens is 4. The van der Waals surface area contributed by atoms with E-state index in [0.717, 1.165) is 10.0 Å². The number of hydrogen-bond donors (Lipinski definition) is 1. The van der Waals surface area contributed by atoms with Gasteiger partial charge in [0.1, 0.15) is 6.67 Å². The highest BCUT2D eigenvalue weighted by molar-refractivity contribution is 9.10. The molecular formula is C15H13BrClN5O. The average Bonchev–Trinajstić information content (AvgIpc) is 3.14. The van der Waals surface area contributed by atoms with E-state index in [1.165, 1.54) is 0 Å². The number of anilines is 1. The van der Waals surface area contributed by atoms with Crippen LogP contribution in [0.3, 0.4) is 0 Å². The molecule has 0 aliphatic carbocycles. The van der Waals surface area contributed by atoms with Gasteiger partial charge in [-0.1, -0.05) is 17.7 Å². The quantitative estimate of drug-likeness (QED) is 0.736. The van der Waals surface area contributed by atoms with Gasteiger partial charge in [0.25, 0.3) is 5.91 Å². The maximum absolute atomic E-state index is 12.3. The summed E-state index contributed by atoms with van der Waals surface area (Å²) in [4.78, 5) is 12.3. The molecule has 0 atom stereocenters. The van der Waals surface area contributed by atoms with E-state index in [9.17, 15) is 4.79 Å². The van der Waals surface area contributed by atoms with Crippen molar-refractivity contribution in [3.05, 3.63) is 63.6 Å². The first-order chi connectivity index (χ1) is 11.0. The highest BCUT2D eigenvalue weighted by atomic mass is 79.9. The van der Waals surface area contributed by atoms with Crippen LogP contribution in [0.25, 0.3) is 0 Å². The molecule has 0 aliphatic heterocycles. The highest BCUT2D eigenvalue weighted by Gasteiger charge is 2.12. The summed E-state index contributed by atoms with van der Waals surface area (Å²) in [7, 11) is 0. The lowest BCUT2D eigenvalue weighted by molar-refractivity contribution is 0.102. The van der Waals surface area contributed by atoms with Crippen LogP contribution in [0, 0.1) is 6.92 Å². The van der Waals surface area contributed by atoms with E-state index in [4.69, 9.17) is 11.6 Å². The molecule has 0 radical (unpaired) electrons. The average molecular weight is 395 g/mol. The first kappa shape index (κ1) is 15.8. The van der Waals surface area contributed by atoms with Crippen molar-refractivity contribution in [2.45, 2.75) is 13.6 Å². The zero-order valence-corrected chi connectivity index (χ0v) is 14.5. The third kappa shape index (κ3) is 3.62. The van der Waals surface area contributed by atoms with Gasteiger partial charge in [-0.15, -0.1) is 0 Å². The Morgan fingerprint density at radius 2 is 2.17 bits per heavy atom. The summed E-state index contributed by atoms with van der Waals surface area (Å²) in [5.74, 6) is -0.282. The van der Waals surface area contributed by atoms with Crippen LogP contribution in [0.4, 0.5) is 5.69 Å². The lowest BCUT2D eigenvalue weighted by Gasteiger charge is -2.08. The molecule has 2 aromatic heterocycles. The first-order valence-electron chi connectivity index (χ1n) is 6.81. The van der Waals surface area contributed by atoms with Crippen molar-refractivity contribution < 1.29 is 4.79 Å². The van der Waals surface area contributed by atoms with Gasteiger partial charge < -0.3 is 5.32 Å².